The van der Waals surface area contributed by atoms with Gasteiger partial charge in [-0.2, -0.15) is 0 Å². The third-order valence-corrected chi connectivity index (χ3v) is 2.00. The molecular weight excluding hydrogens is 230 g/mol. The van der Waals surface area contributed by atoms with Crippen LogP contribution in [0.15, 0.2) is 12.3 Å². The summed E-state index contributed by atoms with van der Waals surface area (Å²) in [6.45, 7) is 2.09. The molecule has 0 aliphatic rings. The van der Waals surface area contributed by atoms with Crippen molar-refractivity contribution in [2.45, 2.75) is 13.3 Å². The molecule has 0 aliphatic heterocycles. The lowest BCUT2D eigenvalue weighted by Crippen LogP contribution is -2.02. The van der Waals surface area contributed by atoms with E-state index in [0.717, 1.165) is 0 Å². The third-order valence-electron chi connectivity index (χ3n) is 1.72. The Balaban J connectivity index is 2.73. The lowest BCUT2D eigenvalue weighted by Gasteiger charge is -2.06. The molecule has 4 nitrogen and oxygen atoms in total. The van der Waals surface area contributed by atoms with Crippen molar-refractivity contribution in [1.82, 2.24) is 4.98 Å². The highest BCUT2D eigenvalue weighted by atomic mass is 35.5. The van der Waals surface area contributed by atoms with Crippen LogP contribution < -0.4 is 4.74 Å². The molecule has 1 N–H and O–H groups in total. The molecular formula is C11H10ClNO3. The molecule has 0 radical (unpaired) electrons. The van der Waals surface area contributed by atoms with E-state index in [4.69, 9.17) is 21.4 Å². The second kappa shape index (κ2) is 5.99. The quantitative estimate of drug-likeness (QED) is 0.497. The van der Waals surface area contributed by atoms with Crippen molar-refractivity contribution in [2.75, 3.05) is 6.61 Å². The SMILES string of the molecule is CC#CCCOc1cc(C(=O)O)cnc1Cl. The number of aromatic nitrogens is 1. The van der Waals surface area contributed by atoms with Gasteiger partial charge in [-0.25, -0.2) is 9.78 Å². The van der Waals surface area contributed by atoms with Crippen LogP contribution in [0.5, 0.6) is 5.75 Å². The van der Waals surface area contributed by atoms with Crippen LogP contribution in [0.25, 0.3) is 0 Å². The minimum Gasteiger partial charge on any atom is -0.489 e. The fraction of sp³-hybridized carbons (Fsp3) is 0.273. The van der Waals surface area contributed by atoms with E-state index in [9.17, 15) is 4.79 Å². The number of ether oxygens (including phenoxy) is 1. The first-order chi connectivity index (χ1) is 7.65. The van der Waals surface area contributed by atoms with Crippen LogP contribution in [0.4, 0.5) is 0 Å². The molecule has 0 bridgehead atoms. The molecule has 0 amide bonds. The van der Waals surface area contributed by atoms with Gasteiger partial charge in [-0.05, 0) is 13.0 Å². The van der Waals surface area contributed by atoms with Crippen molar-refractivity contribution in [1.29, 1.82) is 0 Å². The first-order valence-electron chi connectivity index (χ1n) is 4.56. The average molecular weight is 240 g/mol. The highest BCUT2D eigenvalue weighted by Gasteiger charge is 2.09. The first kappa shape index (κ1) is 12.3. The van der Waals surface area contributed by atoms with Crippen LogP contribution in [0.3, 0.4) is 0 Å². The molecule has 0 aromatic carbocycles. The Morgan fingerprint density at radius 2 is 2.44 bits per heavy atom. The Morgan fingerprint density at radius 1 is 1.69 bits per heavy atom. The number of hydrogen-bond donors (Lipinski definition) is 1. The smallest absolute Gasteiger partial charge is 0.337 e. The highest BCUT2D eigenvalue weighted by Crippen LogP contribution is 2.22. The van der Waals surface area contributed by atoms with Gasteiger partial charge in [0.1, 0.15) is 0 Å². The van der Waals surface area contributed by atoms with E-state index >= 15 is 0 Å². The summed E-state index contributed by atoms with van der Waals surface area (Å²) in [6, 6.07) is 1.34. The molecule has 84 valence electrons. The van der Waals surface area contributed by atoms with Crippen molar-refractivity contribution >= 4 is 17.6 Å². The van der Waals surface area contributed by atoms with E-state index in [2.05, 4.69) is 16.8 Å². The molecule has 5 heteroatoms. The van der Waals surface area contributed by atoms with Gasteiger partial charge in [0, 0.05) is 12.6 Å². The number of rotatable bonds is 4. The van der Waals surface area contributed by atoms with Crippen molar-refractivity contribution in [3.05, 3.63) is 23.0 Å². The zero-order valence-electron chi connectivity index (χ0n) is 8.66. The first-order valence-corrected chi connectivity index (χ1v) is 4.94. The van der Waals surface area contributed by atoms with Crippen molar-refractivity contribution < 1.29 is 14.6 Å². The molecule has 1 aromatic rings. The number of carboxylic acids is 1. The maximum atomic E-state index is 10.7. The van der Waals surface area contributed by atoms with E-state index < -0.39 is 5.97 Å². The van der Waals surface area contributed by atoms with Gasteiger partial charge in [-0.1, -0.05) is 11.6 Å². The molecule has 16 heavy (non-hydrogen) atoms. The summed E-state index contributed by atoms with van der Waals surface area (Å²) in [6.07, 6.45) is 1.74. The fourth-order valence-electron chi connectivity index (χ4n) is 0.983. The van der Waals surface area contributed by atoms with E-state index in [1.165, 1.54) is 12.3 Å². The molecule has 0 saturated heterocycles. The number of carbonyl (C=O) groups is 1. The average Bonchev–Trinajstić information content (AvgIpc) is 2.26. The number of aromatic carboxylic acids is 1. The van der Waals surface area contributed by atoms with Gasteiger partial charge in [0.2, 0.25) is 0 Å². The summed E-state index contributed by atoms with van der Waals surface area (Å²) in [5.41, 5.74) is 0.0426. The summed E-state index contributed by atoms with van der Waals surface area (Å²) in [4.78, 5) is 14.4. The van der Waals surface area contributed by atoms with E-state index in [1.54, 1.807) is 6.92 Å². The maximum absolute atomic E-state index is 10.7. The molecule has 0 atom stereocenters. The molecule has 0 fully saturated rings. The summed E-state index contributed by atoms with van der Waals surface area (Å²) in [5, 5.41) is 8.90. The largest absolute Gasteiger partial charge is 0.489 e. The van der Waals surface area contributed by atoms with Gasteiger partial charge in [0.05, 0.1) is 12.2 Å². The van der Waals surface area contributed by atoms with Crippen LogP contribution in [0, 0.1) is 11.8 Å². The summed E-state index contributed by atoms with van der Waals surface area (Å²) < 4.78 is 5.27. The van der Waals surface area contributed by atoms with Crippen LogP contribution >= 0.6 is 11.6 Å². The summed E-state index contributed by atoms with van der Waals surface area (Å²) in [5.74, 6) is 4.74. The van der Waals surface area contributed by atoms with Crippen LogP contribution in [0.1, 0.15) is 23.7 Å². The molecule has 0 saturated carbocycles. The van der Waals surface area contributed by atoms with Gasteiger partial charge < -0.3 is 9.84 Å². The number of nitrogens with zero attached hydrogens (tertiary/aromatic N) is 1. The number of halogens is 1. The second-order valence-electron chi connectivity index (χ2n) is 2.84. The van der Waals surface area contributed by atoms with Crippen LogP contribution in [-0.2, 0) is 0 Å². The topological polar surface area (TPSA) is 59.4 Å². The fourth-order valence-corrected chi connectivity index (χ4v) is 1.14. The third kappa shape index (κ3) is 3.44. The highest BCUT2D eigenvalue weighted by molar-refractivity contribution is 6.30. The molecule has 1 aromatic heterocycles. The Labute approximate surface area is 98.2 Å². The van der Waals surface area contributed by atoms with E-state index in [-0.39, 0.29) is 16.5 Å². The Hall–Kier alpha value is -1.73. The Bertz CT molecular complexity index is 448. The number of pyridine rings is 1. The van der Waals surface area contributed by atoms with Crippen molar-refractivity contribution in [3.63, 3.8) is 0 Å². The monoisotopic (exact) mass is 239 g/mol. The Kier molecular flexibility index (Phi) is 4.62. The van der Waals surface area contributed by atoms with Crippen LogP contribution in [-0.4, -0.2) is 22.7 Å². The number of hydrogen-bond acceptors (Lipinski definition) is 3. The minimum atomic E-state index is -1.07. The molecule has 0 aliphatic carbocycles. The van der Waals surface area contributed by atoms with Crippen molar-refractivity contribution in [2.24, 2.45) is 0 Å². The van der Waals surface area contributed by atoms with Gasteiger partial charge in [0.15, 0.2) is 10.9 Å². The lowest BCUT2D eigenvalue weighted by atomic mass is 10.3. The number of carboxylic acid groups (broad SMARTS) is 1. The second-order valence-corrected chi connectivity index (χ2v) is 3.20. The normalized spacial score (nSPS) is 9.12. The lowest BCUT2D eigenvalue weighted by molar-refractivity contribution is 0.0696. The van der Waals surface area contributed by atoms with Gasteiger partial charge in [-0.15, -0.1) is 11.8 Å². The molecule has 1 heterocycles. The van der Waals surface area contributed by atoms with Gasteiger partial charge in [0.25, 0.3) is 0 Å². The zero-order chi connectivity index (χ0) is 12.0. The summed E-state index contributed by atoms with van der Waals surface area (Å²) >= 11 is 5.75. The molecule has 0 spiro atoms. The zero-order valence-corrected chi connectivity index (χ0v) is 9.41. The predicted molar refractivity (Wildman–Crippen MR) is 59.8 cm³/mol. The van der Waals surface area contributed by atoms with E-state index in [1.807, 2.05) is 0 Å². The van der Waals surface area contributed by atoms with Gasteiger partial charge in [-0.3, -0.25) is 0 Å². The van der Waals surface area contributed by atoms with Crippen LogP contribution in [0.2, 0.25) is 5.15 Å². The molecule has 0 unspecified atom stereocenters. The van der Waals surface area contributed by atoms with Gasteiger partial charge >= 0.3 is 5.97 Å². The standard InChI is InChI=1S/C11H10ClNO3/c1-2-3-4-5-16-9-6-8(11(14)15)7-13-10(9)12/h6-7H,4-5H2,1H3,(H,14,15). The predicted octanol–water partition coefficient (Wildman–Crippen LogP) is 2.23. The van der Waals surface area contributed by atoms with E-state index in [0.29, 0.717) is 13.0 Å². The minimum absolute atomic E-state index is 0.0426. The maximum Gasteiger partial charge on any atom is 0.337 e. The van der Waals surface area contributed by atoms with Crippen molar-refractivity contribution in [3.8, 4) is 17.6 Å². The molecule has 1 rings (SSSR count). The Morgan fingerprint density at radius 3 is 3.06 bits per heavy atom. The summed E-state index contributed by atoms with van der Waals surface area (Å²) in [7, 11) is 0.